The smallest absolute Gasteiger partial charge is 0.136 e. The molecule has 17 heavy (non-hydrogen) atoms. The summed E-state index contributed by atoms with van der Waals surface area (Å²) in [5.41, 5.74) is 1.23. The van der Waals surface area contributed by atoms with Crippen LogP contribution >= 0.6 is 11.3 Å². The van der Waals surface area contributed by atoms with Crippen molar-refractivity contribution in [2.45, 2.75) is 13.5 Å². The minimum Gasteiger partial charge on any atom is -0.315 e. The summed E-state index contributed by atoms with van der Waals surface area (Å²) in [6.07, 6.45) is 0. The molecule has 0 atom stereocenters. The molecule has 0 aliphatic rings. The number of rotatable bonds is 3. The number of thiazole rings is 1. The van der Waals surface area contributed by atoms with Gasteiger partial charge in [0.2, 0.25) is 0 Å². The van der Waals surface area contributed by atoms with Crippen LogP contribution in [0.1, 0.15) is 10.6 Å². The van der Waals surface area contributed by atoms with Crippen molar-refractivity contribution in [1.82, 2.24) is 10.3 Å². The largest absolute Gasteiger partial charge is 0.315 e. The number of hydrogen-bond acceptors (Lipinski definition) is 3. The molecule has 2 aromatic rings. The molecular weight excluding hydrogens is 242 g/mol. The van der Waals surface area contributed by atoms with Crippen LogP contribution < -0.4 is 5.32 Å². The van der Waals surface area contributed by atoms with Gasteiger partial charge in [-0.05, 0) is 26.1 Å². The van der Waals surface area contributed by atoms with E-state index in [-0.39, 0.29) is 0 Å². The van der Waals surface area contributed by atoms with Gasteiger partial charge < -0.3 is 5.32 Å². The van der Waals surface area contributed by atoms with Crippen molar-refractivity contribution in [3.05, 3.63) is 40.4 Å². The molecule has 90 valence electrons. The van der Waals surface area contributed by atoms with Crippen LogP contribution in [0.3, 0.4) is 0 Å². The third-order valence-electron chi connectivity index (χ3n) is 2.39. The highest BCUT2D eigenvalue weighted by Gasteiger charge is 2.12. The first-order valence-electron chi connectivity index (χ1n) is 5.18. The number of hydrogen-bond donors (Lipinski definition) is 1. The maximum Gasteiger partial charge on any atom is 0.136 e. The first kappa shape index (κ1) is 12.1. The molecule has 1 heterocycles. The van der Waals surface area contributed by atoms with E-state index >= 15 is 0 Å². The molecule has 1 aromatic carbocycles. The van der Waals surface area contributed by atoms with Crippen molar-refractivity contribution in [2.75, 3.05) is 7.05 Å². The van der Waals surface area contributed by atoms with Crippen LogP contribution in [-0.2, 0) is 6.54 Å². The van der Waals surface area contributed by atoms with Crippen molar-refractivity contribution in [3.8, 4) is 10.6 Å². The number of nitrogens with zero attached hydrogens (tertiary/aromatic N) is 1. The maximum absolute atomic E-state index is 13.6. The molecule has 0 unspecified atom stereocenters. The van der Waals surface area contributed by atoms with E-state index in [4.69, 9.17) is 0 Å². The number of halogens is 2. The zero-order valence-electron chi connectivity index (χ0n) is 9.55. The van der Waals surface area contributed by atoms with E-state index in [2.05, 4.69) is 10.3 Å². The Labute approximate surface area is 102 Å². The van der Waals surface area contributed by atoms with Crippen LogP contribution in [-0.4, -0.2) is 12.0 Å². The van der Waals surface area contributed by atoms with Crippen molar-refractivity contribution in [3.63, 3.8) is 0 Å². The van der Waals surface area contributed by atoms with Gasteiger partial charge in [-0.25, -0.2) is 13.8 Å². The van der Waals surface area contributed by atoms with Gasteiger partial charge >= 0.3 is 0 Å². The zero-order chi connectivity index (χ0) is 12.4. The Morgan fingerprint density at radius 1 is 1.35 bits per heavy atom. The molecule has 0 spiro atoms. The fourth-order valence-corrected chi connectivity index (χ4v) is 2.63. The van der Waals surface area contributed by atoms with Crippen LogP contribution in [0.4, 0.5) is 8.78 Å². The molecule has 1 N–H and O–H groups in total. The van der Waals surface area contributed by atoms with Gasteiger partial charge in [0, 0.05) is 23.1 Å². The van der Waals surface area contributed by atoms with Crippen LogP contribution in [0.25, 0.3) is 10.6 Å². The summed E-state index contributed by atoms with van der Waals surface area (Å²) < 4.78 is 26.4. The second-order valence-corrected chi connectivity index (χ2v) is 4.77. The maximum atomic E-state index is 13.6. The van der Waals surface area contributed by atoms with Crippen LogP contribution in [0.2, 0.25) is 0 Å². The Bertz CT molecular complexity index is 537. The van der Waals surface area contributed by atoms with E-state index in [1.165, 1.54) is 23.5 Å². The molecule has 0 amide bonds. The molecule has 0 aliphatic heterocycles. The Morgan fingerprint density at radius 2 is 2.12 bits per heavy atom. The van der Waals surface area contributed by atoms with Gasteiger partial charge in [0.1, 0.15) is 16.6 Å². The van der Waals surface area contributed by atoms with Crippen LogP contribution in [0.15, 0.2) is 18.2 Å². The molecule has 0 radical (unpaired) electrons. The molecule has 2 nitrogen and oxygen atoms in total. The molecule has 0 saturated heterocycles. The van der Waals surface area contributed by atoms with E-state index < -0.39 is 11.6 Å². The topological polar surface area (TPSA) is 24.9 Å². The molecule has 5 heteroatoms. The van der Waals surface area contributed by atoms with E-state index in [9.17, 15) is 8.78 Å². The first-order chi connectivity index (χ1) is 8.11. The average Bonchev–Trinajstić information content (AvgIpc) is 2.60. The van der Waals surface area contributed by atoms with Crippen molar-refractivity contribution < 1.29 is 8.78 Å². The Kier molecular flexibility index (Phi) is 3.49. The first-order valence-corrected chi connectivity index (χ1v) is 6.00. The van der Waals surface area contributed by atoms with Gasteiger partial charge in [0.15, 0.2) is 0 Å². The van der Waals surface area contributed by atoms with Gasteiger partial charge in [0.05, 0.1) is 5.69 Å². The van der Waals surface area contributed by atoms with Crippen LogP contribution in [0, 0.1) is 18.6 Å². The highest BCUT2D eigenvalue weighted by atomic mass is 32.1. The number of aromatic nitrogens is 1. The lowest BCUT2D eigenvalue weighted by Crippen LogP contribution is -2.04. The minimum absolute atomic E-state index is 0.349. The summed E-state index contributed by atoms with van der Waals surface area (Å²) in [4.78, 5) is 5.37. The number of aryl methyl sites for hydroxylation is 1. The third-order valence-corrected chi connectivity index (χ3v) is 3.58. The Morgan fingerprint density at radius 3 is 2.76 bits per heavy atom. The molecule has 0 aliphatic carbocycles. The van der Waals surface area contributed by atoms with Gasteiger partial charge in [-0.15, -0.1) is 11.3 Å². The highest BCUT2D eigenvalue weighted by Crippen LogP contribution is 2.29. The monoisotopic (exact) mass is 254 g/mol. The minimum atomic E-state index is -0.574. The predicted octanol–water partition coefficient (Wildman–Crippen LogP) is 3.12. The highest BCUT2D eigenvalue weighted by molar-refractivity contribution is 7.15. The average molecular weight is 254 g/mol. The standard InChI is InChI=1S/C12H12F2N2S/c1-7-11(6-15-2)17-12(16-7)9-4-3-8(13)5-10(9)14/h3-5,15H,6H2,1-2H3. The normalized spacial score (nSPS) is 10.8. The molecule has 1 aromatic heterocycles. The summed E-state index contributed by atoms with van der Waals surface area (Å²) in [6.45, 7) is 2.58. The van der Waals surface area contributed by atoms with Crippen LogP contribution in [0.5, 0.6) is 0 Å². The third kappa shape index (κ3) is 2.50. The van der Waals surface area contributed by atoms with Gasteiger partial charge in [-0.2, -0.15) is 0 Å². The van der Waals surface area contributed by atoms with Crippen molar-refractivity contribution >= 4 is 11.3 Å². The van der Waals surface area contributed by atoms with E-state index in [0.29, 0.717) is 17.1 Å². The lowest BCUT2D eigenvalue weighted by molar-refractivity contribution is 0.585. The van der Waals surface area contributed by atoms with Gasteiger partial charge in [0.25, 0.3) is 0 Å². The predicted molar refractivity (Wildman–Crippen MR) is 65.0 cm³/mol. The molecule has 0 saturated carbocycles. The van der Waals surface area contributed by atoms with Gasteiger partial charge in [-0.1, -0.05) is 0 Å². The zero-order valence-corrected chi connectivity index (χ0v) is 10.4. The van der Waals surface area contributed by atoms with Crippen molar-refractivity contribution in [1.29, 1.82) is 0 Å². The van der Waals surface area contributed by atoms with E-state index in [1.807, 2.05) is 14.0 Å². The second kappa shape index (κ2) is 4.89. The fraction of sp³-hybridized carbons (Fsp3) is 0.250. The Hall–Kier alpha value is -1.33. The fourth-order valence-electron chi connectivity index (χ4n) is 1.53. The summed E-state index contributed by atoms with van der Waals surface area (Å²) in [6, 6.07) is 3.54. The molecular formula is C12H12F2N2S. The molecule has 2 rings (SSSR count). The molecule has 0 fully saturated rings. The summed E-state index contributed by atoms with van der Waals surface area (Å²) in [5, 5.41) is 3.62. The summed E-state index contributed by atoms with van der Waals surface area (Å²) in [7, 11) is 1.84. The SMILES string of the molecule is CNCc1sc(-c2ccc(F)cc2F)nc1C. The second-order valence-electron chi connectivity index (χ2n) is 3.68. The van der Waals surface area contributed by atoms with Gasteiger partial charge in [-0.3, -0.25) is 0 Å². The molecule has 0 bridgehead atoms. The summed E-state index contributed by atoms with van der Waals surface area (Å²) >= 11 is 1.42. The van der Waals surface area contributed by atoms with E-state index in [1.54, 1.807) is 0 Å². The lowest BCUT2D eigenvalue weighted by Gasteiger charge is -1.98. The quantitative estimate of drug-likeness (QED) is 0.910. The number of benzene rings is 1. The van der Waals surface area contributed by atoms with Crippen molar-refractivity contribution in [2.24, 2.45) is 0 Å². The summed E-state index contributed by atoms with van der Waals surface area (Å²) in [5.74, 6) is -1.15. The Balaban J connectivity index is 2.42. The number of nitrogens with one attached hydrogen (secondary N) is 1. The lowest BCUT2D eigenvalue weighted by atomic mass is 10.2. The van der Waals surface area contributed by atoms with E-state index in [0.717, 1.165) is 16.6 Å².